The van der Waals surface area contributed by atoms with Crippen molar-refractivity contribution in [2.45, 2.75) is 44.8 Å². The van der Waals surface area contributed by atoms with Gasteiger partial charge in [-0.25, -0.2) is 0 Å². The highest BCUT2D eigenvalue weighted by Crippen LogP contribution is 2.07. The molecule has 0 fully saturated rings. The van der Waals surface area contributed by atoms with E-state index in [2.05, 4.69) is 0 Å². The van der Waals surface area contributed by atoms with E-state index in [4.69, 9.17) is 5.11 Å². The Bertz CT molecular complexity index is 134. The minimum Gasteiger partial charge on any atom is -0.396 e. The Balaban J connectivity index is 3.43. The maximum atomic E-state index is 9.40. The van der Waals surface area contributed by atoms with E-state index in [1.807, 2.05) is 19.1 Å². The molecule has 0 radical (unpaired) electrons. The van der Waals surface area contributed by atoms with Crippen LogP contribution in [-0.2, 0) is 0 Å². The lowest BCUT2D eigenvalue weighted by molar-refractivity contribution is 0.0608. The number of hydrogen-bond acceptors (Lipinski definition) is 3. The van der Waals surface area contributed by atoms with Crippen LogP contribution in [0.3, 0.4) is 0 Å². The van der Waals surface area contributed by atoms with Gasteiger partial charge in [-0.2, -0.15) is 0 Å². The maximum Gasteiger partial charge on any atom is 0.0586 e. The molecular weight excluding hydrogens is 168 g/mol. The third-order valence-electron chi connectivity index (χ3n) is 1.91. The average Bonchev–Trinajstić information content (AvgIpc) is 2.05. The van der Waals surface area contributed by atoms with Crippen molar-refractivity contribution in [3.63, 3.8) is 0 Å². The molecule has 0 aliphatic heterocycles. The van der Waals surface area contributed by atoms with Crippen LogP contribution in [0.2, 0.25) is 0 Å². The Morgan fingerprint density at radius 2 is 1.77 bits per heavy atom. The van der Waals surface area contributed by atoms with Gasteiger partial charge in [-0.15, -0.1) is 0 Å². The highest BCUT2D eigenvalue weighted by atomic mass is 16.3. The molecule has 3 heteroatoms. The predicted octanol–water partition coefficient (Wildman–Crippen LogP) is 0.837. The van der Waals surface area contributed by atoms with Crippen molar-refractivity contribution >= 4 is 0 Å². The van der Waals surface area contributed by atoms with Crippen LogP contribution in [0.25, 0.3) is 0 Å². The van der Waals surface area contributed by atoms with Crippen LogP contribution >= 0.6 is 0 Å². The lowest BCUT2D eigenvalue weighted by atomic mass is 10.1. The normalized spacial score (nSPS) is 16.3. The Kier molecular flexibility index (Phi) is 7.99. The predicted molar refractivity (Wildman–Crippen MR) is 52.4 cm³/mol. The van der Waals surface area contributed by atoms with Crippen LogP contribution < -0.4 is 0 Å². The molecule has 0 spiro atoms. The third kappa shape index (κ3) is 7.96. The van der Waals surface area contributed by atoms with E-state index in [1.165, 1.54) is 0 Å². The van der Waals surface area contributed by atoms with E-state index in [0.29, 0.717) is 19.3 Å². The van der Waals surface area contributed by atoms with E-state index in [0.717, 1.165) is 6.42 Å². The van der Waals surface area contributed by atoms with Gasteiger partial charge < -0.3 is 15.3 Å². The second-order valence-corrected chi connectivity index (χ2v) is 3.20. The molecule has 0 saturated heterocycles. The Morgan fingerprint density at radius 3 is 2.31 bits per heavy atom. The van der Waals surface area contributed by atoms with Gasteiger partial charge in [0.05, 0.1) is 12.2 Å². The fraction of sp³-hybridized carbons (Fsp3) is 0.800. The van der Waals surface area contributed by atoms with Gasteiger partial charge in [0.2, 0.25) is 0 Å². The molecule has 2 atom stereocenters. The largest absolute Gasteiger partial charge is 0.396 e. The second-order valence-electron chi connectivity index (χ2n) is 3.20. The van der Waals surface area contributed by atoms with Crippen molar-refractivity contribution in [1.82, 2.24) is 0 Å². The van der Waals surface area contributed by atoms with Crippen molar-refractivity contribution < 1.29 is 15.3 Å². The number of rotatable bonds is 7. The molecule has 78 valence electrons. The van der Waals surface area contributed by atoms with Crippen molar-refractivity contribution in [2.24, 2.45) is 0 Å². The van der Waals surface area contributed by atoms with E-state index in [-0.39, 0.29) is 6.61 Å². The molecular formula is C10H20O3. The number of aliphatic hydroxyl groups is 3. The maximum absolute atomic E-state index is 9.40. The smallest absolute Gasteiger partial charge is 0.0586 e. The molecule has 0 aromatic rings. The first-order valence-corrected chi connectivity index (χ1v) is 4.78. The first-order valence-electron chi connectivity index (χ1n) is 4.78. The van der Waals surface area contributed by atoms with E-state index < -0.39 is 12.2 Å². The molecule has 0 rings (SSSR count). The Labute approximate surface area is 79.7 Å². The van der Waals surface area contributed by atoms with Gasteiger partial charge in [-0.1, -0.05) is 12.2 Å². The summed E-state index contributed by atoms with van der Waals surface area (Å²) < 4.78 is 0. The molecule has 3 N–H and O–H groups in total. The Morgan fingerprint density at radius 1 is 1.15 bits per heavy atom. The van der Waals surface area contributed by atoms with Crippen molar-refractivity contribution in [1.29, 1.82) is 0 Å². The van der Waals surface area contributed by atoms with Crippen molar-refractivity contribution in [3.8, 4) is 0 Å². The summed E-state index contributed by atoms with van der Waals surface area (Å²) in [7, 11) is 0. The highest BCUT2D eigenvalue weighted by molar-refractivity contribution is 4.78. The van der Waals surface area contributed by atoms with Crippen LogP contribution in [0.5, 0.6) is 0 Å². The third-order valence-corrected chi connectivity index (χ3v) is 1.91. The zero-order valence-electron chi connectivity index (χ0n) is 8.19. The van der Waals surface area contributed by atoms with Crippen LogP contribution in [0, 0.1) is 0 Å². The van der Waals surface area contributed by atoms with Crippen molar-refractivity contribution in [2.75, 3.05) is 6.61 Å². The molecule has 0 unspecified atom stereocenters. The zero-order chi connectivity index (χ0) is 10.1. The molecule has 0 aromatic carbocycles. The second kappa shape index (κ2) is 8.23. The van der Waals surface area contributed by atoms with Gasteiger partial charge in [-0.3, -0.25) is 0 Å². The summed E-state index contributed by atoms with van der Waals surface area (Å²) in [5.41, 5.74) is 0. The quantitative estimate of drug-likeness (QED) is 0.519. The van der Waals surface area contributed by atoms with Crippen LogP contribution in [-0.4, -0.2) is 34.1 Å². The molecule has 0 bridgehead atoms. The van der Waals surface area contributed by atoms with E-state index >= 15 is 0 Å². The van der Waals surface area contributed by atoms with Gasteiger partial charge in [0.1, 0.15) is 0 Å². The molecule has 3 nitrogen and oxygen atoms in total. The topological polar surface area (TPSA) is 60.7 Å². The van der Waals surface area contributed by atoms with Gasteiger partial charge >= 0.3 is 0 Å². The molecule has 0 saturated carbocycles. The van der Waals surface area contributed by atoms with Gasteiger partial charge in [0, 0.05) is 6.61 Å². The summed E-state index contributed by atoms with van der Waals surface area (Å²) in [5, 5.41) is 27.1. The van der Waals surface area contributed by atoms with Gasteiger partial charge in [0.25, 0.3) is 0 Å². The first-order chi connectivity index (χ1) is 6.20. The SMILES string of the molecule is CC=CCC[C@@H](O)C[C@@H](O)CCO. The Hall–Kier alpha value is -0.380. The molecule has 13 heavy (non-hydrogen) atoms. The molecule has 0 amide bonds. The van der Waals surface area contributed by atoms with Gasteiger partial charge in [-0.05, 0) is 32.6 Å². The fourth-order valence-electron chi connectivity index (χ4n) is 1.15. The van der Waals surface area contributed by atoms with Crippen LogP contribution in [0.15, 0.2) is 12.2 Å². The standard InChI is InChI=1S/C10H20O3/c1-2-3-4-5-9(12)8-10(13)6-7-11/h2-3,9-13H,4-8H2,1H3/t9-,10+/m1/s1. The summed E-state index contributed by atoms with van der Waals surface area (Å²) in [4.78, 5) is 0. The number of allylic oxidation sites excluding steroid dienone is 2. The van der Waals surface area contributed by atoms with Gasteiger partial charge in [0.15, 0.2) is 0 Å². The highest BCUT2D eigenvalue weighted by Gasteiger charge is 2.10. The summed E-state index contributed by atoms with van der Waals surface area (Å²) in [6.07, 6.45) is 5.11. The lowest BCUT2D eigenvalue weighted by Gasteiger charge is -2.13. The number of hydrogen-bond donors (Lipinski definition) is 3. The first kappa shape index (κ1) is 12.6. The molecule has 0 aromatic heterocycles. The minimum atomic E-state index is -0.578. The zero-order valence-corrected chi connectivity index (χ0v) is 8.19. The average molecular weight is 188 g/mol. The van der Waals surface area contributed by atoms with Crippen LogP contribution in [0.4, 0.5) is 0 Å². The number of aliphatic hydroxyl groups excluding tert-OH is 3. The molecule has 0 aliphatic carbocycles. The van der Waals surface area contributed by atoms with E-state index in [1.54, 1.807) is 0 Å². The summed E-state index contributed by atoms with van der Waals surface area (Å²) in [6, 6.07) is 0. The van der Waals surface area contributed by atoms with Crippen molar-refractivity contribution in [3.05, 3.63) is 12.2 Å². The summed E-state index contributed by atoms with van der Waals surface area (Å²) in [6.45, 7) is 1.91. The lowest BCUT2D eigenvalue weighted by Crippen LogP contribution is -2.18. The minimum absolute atomic E-state index is 0.0251. The molecule has 0 heterocycles. The fourth-order valence-corrected chi connectivity index (χ4v) is 1.15. The molecule has 0 aliphatic rings. The van der Waals surface area contributed by atoms with E-state index in [9.17, 15) is 10.2 Å². The summed E-state index contributed by atoms with van der Waals surface area (Å²) in [5.74, 6) is 0. The van der Waals surface area contributed by atoms with Crippen LogP contribution in [0.1, 0.15) is 32.6 Å². The monoisotopic (exact) mass is 188 g/mol. The summed E-state index contributed by atoms with van der Waals surface area (Å²) >= 11 is 0.